The van der Waals surface area contributed by atoms with Crippen LogP contribution in [-0.4, -0.2) is 65.2 Å². The molecule has 170 valence electrons. The molecule has 7 heteroatoms. The first kappa shape index (κ1) is 22.3. The molecule has 0 spiro atoms. The van der Waals surface area contributed by atoms with Gasteiger partial charge in [-0.25, -0.2) is 14.8 Å². The van der Waals surface area contributed by atoms with E-state index in [0.717, 1.165) is 45.4 Å². The number of ether oxygens (including phenoxy) is 1. The van der Waals surface area contributed by atoms with Crippen molar-refractivity contribution in [3.8, 4) is 0 Å². The second kappa shape index (κ2) is 10.1. The average molecular weight is 436 g/mol. The Bertz CT molecular complexity index is 1040. The molecule has 2 aromatic heterocycles. The Morgan fingerprint density at radius 2 is 1.91 bits per heavy atom. The Labute approximate surface area is 190 Å². The van der Waals surface area contributed by atoms with E-state index in [-0.39, 0.29) is 5.97 Å². The van der Waals surface area contributed by atoms with E-state index < -0.39 is 0 Å². The Kier molecular flexibility index (Phi) is 7.05. The Balaban J connectivity index is 1.24. The van der Waals surface area contributed by atoms with E-state index in [4.69, 9.17) is 4.74 Å². The first-order valence-corrected chi connectivity index (χ1v) is 11.5. The third-order valence-corrected chi connectivity index (χ3v) is 6.36. The molecule has 0 N–H and O–H groups in total. The number of aryl methyl sites for hydroxylation is 1. The number of nitrogens with zero attached hydrogens (tertiary/aromatic N) is 5. The normalized spacial score (nSPS) is 14.9. The number of piperidine rings is 1. The molecule has 4 rings (SSSR count). The van der Waals surface area contributed by atoms with Gasteiger partial charge < -0.3 is 19.1 Å². The van der Waals surface area contributed by atoms with Gasteiger partial charge in [-0.2, -0.15) is 0 Å². The number of benzene rings is 1. The smallest absolute Gasteiger partial charge is 0.341 e. The van der Waals surface area contributed by atoms with Crippen molar-refractivity contribution in [2.45, 2.75) is 26.2 Å². The van der Waals surface area contributed by atoms with Crippen LogP contribution in [0, 0.1) is 5.92 Å². The van der Waals surface area contributed by atoms with Gasteiger partial charge in [-0.15, -0.1) is 0 Å². The van der Waals surface area contributed by atoms with Crippen LogP contribution in [0.1, 0.15) is 35.7 Å². The summed E-state index contributed by atoms with van der Waals surface area (Å²) in [5.74, 6) is 1.01. The lowest BCUT2D eigenvalue weighted by Crippen LogP contribution is -2.39. The Morgan fingerprint density at radius 3 is 2.62 bits per heavy atom. The van der Waals surface area contributed by atoms with E-state index >= 15 is 0 Å². The van der Waals surface area contributed by atoms with E-state index in [9.17, 15) is 4.79 Å². The molecule has 0 saturated carbocycles. The van der Waals surface area contributed by atoms with Gasteiger partial charge >= 0.3 is 5.97 Å². The van der Waals surface area contributed by atoms with E-state index in [2.05, 4.69) is 68.9 Å². The topological polar surface area (TPSA) is 63.5 Å². The van der Waals surface area contributed by atoms with Crippen LogP contribution >= 0.6 is 0 Å². The predicted octanol–water partition coefficient (Wildman–Crippen LogP) is 3.54. The summed E-state index contributed by atoms with van der Waals surface area (Å²) in [5, 5.41) is 1.37. The summed E-state index contributed by atoms with van der Waals surface area (Å²) >= 11 is 0. The van der Waals surface area contributed by atoms with Crippen LogP contribution in [0.3, 0.4) is 0 Å². The molecule has 3 heterocycles. The minimum Gasteiger partial charge on any atom is -0.462 e. The van der Waals surface area contributed by atoms with E-state index in [0.29, 0.717) is 24.0 Å². The van der Waals surface area contributed by atoms with Gasteiger partial charge in [0.1, 0.15) is 0 Å². The summed E-state index contributed by atoms with van der Waals surface area (Å²) in [6.07, 6.45) is 8.71. The fraction of sp³-hybridized carbons (Fsp3) is 0.480. The van der Waals surface area contributed by atoms with Crippen LogP contribution in [0.25, 0.3) is 10.9 Å². The zero-order chi connectivity index (χ0) is 22.5. The quantitative estimate of drug-likeness (QED) is 0.505. The zero-order valence-corrected chi connectivity index (χ0v) is 19.3. The fourth-order valence-electron chi connectivity index (χ4n) is 4.59. The number of hydrogen-bond donors (Lipinski definition) is 0. The van der Waals surface area contributed by atoms with Crippen molar-refractivity contribution in [3.63, 3.8) is 0 Å². The molecule has 1 saturated heterocycles. The molecule has 0 radical (unpaired) electrons. The Morgan fingerprint density at radius 1 is 1.19 bits per heavy atom. The van der Waals surface area contributed by atoms with Crippen LogP contribution in [0.4, 0.5) is 5.95 Å². The number of likely N-dealkylation sites (N-methyl/N-ethyl adjacent to an activating group) is 1. The van der Waals surface area contributed by atoms with E-state index in [1.54, 1.807) is 19.3 Å². The maximum Gasteiger partial charge on any atom is 0.341 e. The van der Waals surface area contributed by atoms with Gasteiger partial charge in [0.15, 0.2) is 0 Å². The number of aromatic nitrogens is 3. The summed E-state index contributed by atoms with van der Waals surface area (Å²) in [7, 11) is 4.35. The van der Waals surface area contributed by atoms with Crippen LogP contribution in [0.15, 0.2) is 42.9 Å². The molecular weight excluding hydrogens is 402 g/mol. The summed E-state index contributed by atoms with van der Waals surface area (Å²) in [6, 6.07) is 8.63. The van der Waals surface area contributed by atoms with Gasteiger partial charge in [0.25, 0.3) is 0 Å². The first-order chi connectivity index (χ1) is 15.5. The zero-order valence-electron chi connectivity index (χ0n) is 19.3. The molecule has 1 aliphatic rings. The Hall–Kier alpha value is -2.93. The molecule has 1 aromatic carbocycles. The molecule has 0 atom stereocenters. The predicted molar refractivity (Wildman–Crippen MR) is 127 cm³/mol. The highest BCUT2D eigenvalue weighted by atomic mass is 16.5. The van der Waals surface area contributed by atoms with Crippen molar-refractivity contribution >= 4 is 22.8 Å². The monoisotopic (exact) mass is 435 g/mol. The highest BCUT2D eigenvalue weighted by Crippen LogP contribution is 2.23. The summed E-state index contributed by atoms with van der Waals surface area (Å²) < 4.78 is 7.22. The van der Waals surface area contributed by atoms with Crippen molar-refractivity contribution in [2.75, 3.05) is 44.7 Å². The lowest BCUT2D eigenvalue weighted by molar-refractivity contribution is 0.0525. The number of fused-ring (bicyclic) bond motifs is 1. The molecule has 32 heavy (non-hydrogen) atoms. The number of carbonyl (C=O) groups is 1. The van der Waals surface area contributed by atoms with Crippen LogP contribution in [-0.2, 0) is 18.2 Å². The first-order valence-electron chi connectivity index (χ1n) is 11.5. The van der Waals surface area contributed by atoms with Gasteiger partial charge in [-0.1, -0.05) is 18.2 Å². The molecule has 1 aliphatic heterocycles. The van der Waals surface area contributed by atoms with Crippen LogP contribution < -0.4 is 4.90 Å². The van der Waals surface area contributed by atoms with Crippen molar-refractivity contribution in [2.24, 2.45) is 13.0 Å². The largest absolute Gasteiger partial charge is 0.462 e. The molecule has 0 unspecified atom stereocenters. The fourth-order valence-corrected chi connectivity index (χ4v) is 4.59. The average Bonchev–Trinajstić information content (AvgIpc) is 3.14. The molecule has 0 amide bonds. The lowest BCUT2D eigenvalue weighted by atomic mass is 9.96. The minimum atomic E-state index is -0.371. The number of para-hydroxylation sites is 1. The molecule has 1 fully saturated rings. The number of rotatable bonds is 8. The van der Waals surface area contributed by atoms with Crippen LogP contribution in [0.2, 0.25) is 0 Å². The van der Waals surface area contributed by atoms with Crippen molar-refractivity contribution in [3.05, 3.63) is 54.0 Å². The highest BCUT2D eigenvalue weighted by molar-refractivity contribution is 5.88. The van der Waals surface area contributed by atoms with Gasteiger partial charge in [-0.3, -0.25) is 0 Å². The number of hydrogen-bond acceptors (Lipinski definition) is 6. The molecule has 3 aromatic rings. The number of esters is 1. The molecule has 0 bridgehead atoms. The molecule has 7 nitrogen and oxygen atoms in total. The summed E-state index contributed by atoms with van der Waals surface area (Å²) in [5.41, 5.74) is 3.13. The van der Waals surface area contributed by atoms with E-state index in [1.807, 2.05) is 0 Å². The second-order valence-electron chi connectivity index (χ2n) is 8.72. The third-order valence-electron chi connectivity index (χ3n) is 6.36. The van der Waals surface area contributed by atoms with Gasteiger partial charge in [0, 0.05) is 62.7 Å². The highest BCUT2D eigenvalue weighted by Gasteiger charge is 2.22. The maximum absolute atomic E-state index is 11.8. The summed E-state index contributed by atoms with van der Waals surface area (Å²) in [6.45, 7) is 6.21. The van der Waals surface area contributed by atoms with E-state index in [1.165, 1.54) is 16.5 Å². The van der Waals surface area contributed by atoms with Gasteiger partial charge in [-0.05, 0) is 50.8 Å². The summed E-state index contributed by atoms with van der Waals surface area (Å²) in [4.78, 5) is 25.2. The van der Waals surface area contributed by atoms with Gasteiger partial charge in [0.2, 0.25) is 5.95 Å². The minimum absolute atomic E-state index is 0.352. The standard InChI is InChI=1S/C25H33N5O2/c1-4-32-24(31)21-15-26-25(27-16-21)30-13-9-19(10-14-30)17-28(2)12-11-20-18-29(3)23-8-6-5-7-22(20)23/h5-8,15-16,18-19H,4,9-14,17H2,1-3H3. The molecular formula is C25H33N5O2. The SMILES string of the molecule is CCOC(=O)c1cnc(N2CCC(CN(C)CCc3cn(C)c4ccccc34)CC2)nc1. The molecule has 0 aliphatic carbocycles. The third kappa shape index (κ3) is 5.10. The van der Waals surface area contributed by atoms with Crippen LogP contribution in [0.5, 0.6) is 0 Å². The number of carbonyl (C=O) groups excluding carboxylic acids is 1. The lowest BCUT2D eigenvalue weighted by Gasteiger charge is -2.33. The van der Waals surface area contributed by atoms with Gasteiger partial charge in [0.05, 0.1) is 12.2 Å². The van der Waals surface area contributed by atoms with Crippen molar-refractivity contribution in [1.82, 2.24) is 19.4 Å². The maximum atomic E-state index is 11.8. The second-order valence-corrected chi connectivity index (χ2v) is 8.72. The van der Waals surface area contributed by atoms with Crippen molar-refractivity contribution < 1.29 is 9.53 Å². The van der Waals surface area contributed by atoms with Crippen molar-refractivity contribution in [1.29, 1.82) is 0 Å². The number of anilines is 1.